The van der Waals surface area contributed by atoms with Crippen LogP contribution in [0.4, 0.5) is 0 Å². The number of nitrogens with zero attached hydrogens (tertiary/aromatic N) is 1. The van der Waals surface area contributed by atoms with Crippen LogP contribution >= 0.6 is 23.2 Å². The van der Waals surface area contributed by atoms with Crippen LogP contribution in [0.3, 0.4) is 0 Å². The third kappa shape index (κ3) is 4.19. The number of hydrogen-bond acceptors (Lipinski definition) is 4. The van der Waals surface area contributed by atoms with E-state index in [0.29, 0.717) is 22.2 Å². The fourth-order valence-corrected chi connectivity index (χ4v) is 1.63. The van der Waals surface area contributed by atoms with E-state index in [2.05, 4.69) is 5.32 Å². The van der Waals surface area contributed by atoms with Crippen LogP contribution in [-0.2, 0) is 9.53 Å². The molecule has 1 rings (SSSR count). The lowest BCUT2D eigenvalue weighted by molar-refractivity contribution is -0.142. The second kappa shape index (κ2) is 7.22. The van der Waals surface area contributed by atoms with Crippen LogP contribution in [0.15, 0.2) is 18.2 Å². The first-order chi connectivity index (χ1) is 8.58. The molecule has 1 aromatic rings. The van der Waals surface area contributed by atoms with Crippen LogP contribution < -0.4 is 5.32 Å². The molecule has 6 heteroatoms. The molecule has 0 amide bonds. The Balaban J connectivity index is 2.69. The number of nitrogens with one attached hydrogen (secondary N) is 1. The molecule has 18 heavy (non-hydrogen) atoms. The predicted octanol–water partition coefficient (Wildman–Crippen LogP) is 2.71. The molecule has 0 aliphatic carbocycles. The van der Waals surface area contributed by atoms with Crippen molar-refractivity contribution in [2.24, 2.45) is 0 Å². The van der Waals surface area contributed by atoms with Gasteiger partial charge in [-0.05, 0) is 24.6 Å². The highest BCUT2D eigenvalue weighted by atomic mass is 35.5. The Hall–Kier alpha value is -1.28. The second-order valence-electron chi connectivity index (χ2n) is 3.42. The monoisotopic (exact) mass is 286 g/mol. The number of carbonyl (C=O) groups excluding carboxylic acids is 1. The first-order valence-electron chi connectivity index (χ1n) is 5.32. The maximum absolute atomic E-state index is 11.2. The zero-order chi connectivity index (χ0) is 13.5. The summed E-state index contributed by atoms with van der Waals surface area (Å²) in [7, 11) is 0. The standard InChI is InChI=1S/C12H12Cl2N2O2/c1-2-18-12(17)7-16-11(6-15)8-3-4-9(13)10(14)5-8/h3-5,11,16H,2,7H2,1H3/t11-/m1/s1. The highest BCUT2D eigenvalue weighted by Gasteiger charge is 2.13. The van der Waals surface area contributed by atoms with E-state index in [1.165, 1.54) is 0 Å². The van der Waals surface area contributed by atoms with Gasteiger partial charge in [0, 0.05) is 0 Å². The van der Waals surface area contributed by atoms with Gasteiger partial charge in [-0.2, -0.15) is 5.26 Å². The predicted molar refractivity (Wildman–Crippen MR) is 69.5 cm³/mol. The molecule has 0 fully saturated rings. The number of nitriles is 1. The smallest absolute Gasteiger partial charge is 0.319 e. The van der Waals surface area contributed by atoms with Gasteiger partial charge < -0.3 is 4.74 Å². The number of ether oxygens (including phenoxy) is 1. The highest BCUT2D eigenvalue weighted by Crippen LogP contribution is 2.25. The molecule has 0 saturated carbocycles. The first-order valence-corrected chi connectivity index (χ1v) is 6.07. The van der Waals surface area contributed by atoms with Gasteiger partial charge in [0.25, 0.3) is 0 Å². The van der Waals surface area contributed by atoms with Gasteiger partial charge in [0.15, 0.2) is 0 Å². The zero-order valence-corrected chi connectivity index (χ0v) is 11.3. The Labute approximate surface area is 115 Å². The van der Waals surface area contributed by atoms with E-state index < -0.39 is 12.0 Å². The van der Waals surface area contributed by atoms with Gasteiger partial charge >= 0.3 is 5.97 Å². The third-order valence-electron chi connectivity index (χ3n) is 2.16. The Kier molecular flexibility index (Phi) is 5.93. The van der Waals surface area contributed by atoms with Crippen molar-refractivity contribution < 1.29 is 9.53 Å². The minimum absolute atomic E-state index is 0.0354. The molecular formula is C12H12Cl2N2O2. The summed E-state index contributed by atoms with van der Waals surface area (Å²) in [6.45, 7) is 2.00. The van der Waals surface area contributed by atoms with Crippen LogP contribution in [0.1, 0.15) is 18.5 Å². The largest absolute Gasteiger partial charge is 0.465 e. The van der Waals surface area contributed by atoms with Crippen LogP contribution in [0, 0.1) is 11.3 Å². The number of benzene rings is 1. The van der Waals surface area contributed by atoms with Crippen molar-refractivity contribution in [2.45, 2.75) is 13.0 Å². The molecule has 0 bridgehead atoms. The van der Waals surface area contributed by atoms with E-state index in [1.807, 2.05) is 6.07 Å². The molecular weight excluding hydrogens is 275 g/mol. The minimum Gasteiger partial charge on any atom is -0.465 e. The summed E-state index contributed by atoms with van der Waals surface area (Å²) >= 11 is 11.7. The van der Waals surface area contributed by atoms with Crippen molar-refractivity contribution in [2.75, 3.05) is 13.2 Å². The van der Waals surface area contributed by atoms with Crippen LogP contribution in [0.2, 0.25) is 10.0 Å². The zero-order valence-electron chi connectivity index (χ0n) is 9.74. The van der Waals surface area contributed by atoms with Gasteiger partial charge in [-0.1, -0.05) is 29.3 Å². The van der Waals surface area contributed by atoms with Crippen LogP contribution in [0.25, 0.3) is 0 Å². The van der Waals surface area contributed by atoms with Crippen LogP contribution in [-0.4, -0.2) is 19.1 Å². The lowest BCUT2D eigenvalue weighted by Crippen LogP contribution is -2.28. The molecule has 96 valence electrons. The number of esters is 1. The van der Waals surface area contributed by atoms with Gasteiger partial charge in [0.2, 0.25) is 0 Å². The molecule has 4 nitrogen and oxygen atoms in total. The highest BCUT2D eigenvalue weighted by molar-refractivity contribution is 6.42. The Morgan fingerprint density at radius 2 is 2.22 bits per heavy atom. The number of halogens is 2. The van der Waals surface area contributed by atoms with E-state index in [1.54, 1.807) is 25.1 Å². The van der Waals surface area contributed by atoms with Crippen molar-refractivity contribution in [3.05, 3.63) is 33.8 Å². The molecule has 0 saturated heterocycles. The number of rotatable bonds is 5. The van der Waals surface area contributed by atoms with Gasteiger partial charge in [-0.3, -0.25) is 10.1 Å². The topological polar surface area (TPSA) is 62.1 Å². The fraction of sp³-hybridized carbons (Fsp3) is 0.333. The number of carbonyl (C=O) groups is 1. The Morgan fingerprint density at radius 1 is 1.50 bits per heavy atom. The van der Waals surface area contributed by atoms with E-state index in [9.17, 15) is 4.79 Å². The maximum atomic E-state index is 11.2. The summed E-state index contributed by atoms with van der Waals surface area (Å²) in [6.07, 6.45) is 0. The van der Waals surface area contributed by atoms with E-state index in [-0.39, 0.29) is 6.54 Å². The summed E-state index contributed by atoms with van der Waals surface area (Å²) < 4.78 is 4.76. The SMILES string of the molecule is CCOC(=O)CN[C@H](C#N)c1ccc(Cl)c(Cl)c1. The molecule has 0 heterocycles. The summed E-state index contributed by atoms with van der Waals surface area (Å²) in [6, 6.07) is 6.29. The second-order valence-corrected chi connectivity index (χ2v) is 4.24. The van der Waals surface area contributed by atoms with E-state index in [4.69, 9.17) is 33.2 Å². The summed E-state index contributed by atoms with van der Waals surface area (Å²) in [5, 5.41) is 12.6. The van der Waals surface area contributed by atoms with Crippen molar-refractivity contribution in [3.63, 3.8) is 0 Å². The van der Waals surface area contributed by atoms with Crippen molar-refractivity contribution in [1.29, 1.82) is 5.26 Å². The summed E-state index contributed by atoms with van der Waals surface area (Å²) in [5.41, 5.74) is 0.649. The summed E-state index contributed by atoms with van der Waals surface area (Å²) in [5.74, 6) is -0.405. The fourth-order valence-electron chi connectivity index (χ4n) is 1.33. The lowest BCUT2D eigenvalue weighted by atomic mass is 10.1. The molecule has 0 aliphatic rings. The molecule has 1 aromatic carbocycles. The van der Waals surface area contributed by atoms with Crippen molar-refractivity contribution in [1.82, 2.24) is 5.32 Å². The average Bonchev–Trinajstić information content (AvgIpc) is 2.34. The lowest BCUT2D eigenvalue weighted by Gasteiger charge is -2.12. The quantitative estimate of drug-likeness (QED) is 0.846. The molecule has 1 atom stereocenters. The van der Waals surface area contributed by atoms with Crippen molar-refractivity contribution in [3.8, 4) is 6.07 Å². The van der Waals surface area contributed by atoms with Gasteiger partial charge in [-0.25, -0.2) is 0 Å². The van der Waals surface area contributed by atoms with E-state index in [0.717, 1.165) is 0 Å². The molecule has 0 spiro atoms. The maximum Gasteiger partial charge on any atom is 0.319 e. The van der Waals surface area contributed by atoms with Gasteiger partial charge in [0.1, 0.15) is 6.04 Å². The average molecular weight is 287 g/mol. The molecule has 0 radical (unpaired) electrons. The molecule has 0 aromatic heterocycles. The molecule has 1 N–H and O–H groups in total. The number of hydrogen-bond donors (Lipinski definition) is 1. The molecule has 0 unspecified atom stereocenters. The van der Waals surface area contributed by atoms with E-state index >= 15 is 0 Å². The summed E-state index contributed by atoms with van der Waals surface area (Å²) in [4.78, 5) is 11.2. The van der Waals surface area contributed by atoms with Gasteiger partial charge in [-0.15, -0.1) is 0 Å². The van der Waals surface area contributed by atoms with Crippen molar-refractivity contribution >= 4 is 29.2 Å². The third-order valence-corrected chi connectivity index (χ3v) is 2.90. The van der Waals surface area contributed by atoms with Crippen LogP contribution in [0.5, 0.6) is 0 Å². The normalized spacial score (nSPS) is 11.7. The Morgan fingerprint density at radius 3 is 2.78 bits per heavy atom. The minimum atomic E-state index is -0.635. The molecule has 0 aliphatic heterocycles. The van der Waals surface area contributed by atoms with Gasteiger partial charge in [0.05, 0.1) is 29.3 Å². The first kappa shape index (κ1) is 14.8. The Bertz CT molecular complexity index is 472.